The quantitative estimate of drug-likeness (QED) is 0.128. The first-order valence-electron chi connectivity index (χ1n) is 24.5. The van der Waals surface area contributed by atoms with E-state index in [4.69, 9.17) is 9.47 Å². The molecule has 336 valence electrons. The molecule has 0 fully saturated rings. The number of ether oxygens (including phenoxy) is 2. The molecule has 0 radical (unpaired) electrons. The summed E-state index contributed by atoms with van der Waals surface area (Å²) in [5.74, 6) is 3.27. The third-order valence-corrected chi connectivity index (χ3v) is 14.0. The van der Waals surface area contributed by atoms with E-state index in [0.717, 1.165) is 119 Å². The van der Waals surface area contributed by atoms with E-state index in [0.29, 0.717) is 0 Å². The van der Waals surface area contributed by atoms with E-state index in [9.17, 15) is 0 Å². The van der Waals surface area contributed by atoms with Crippen molar-refractivity contribution in [2.24, 2.45) is 0 Å². The Bertz CT molecular complexity index is 3920. The van der Waals surface area contributed by atoms with Gasteiger partial charge in [0, 0.05) is 28.0 Å². The molecule has 1 aliphatic rings. The van der Waals surface area contributed by atoms with E-state index in [2.05, 4.69) is 266 Å². The highest BCUT2D eigenvalue weighted by Gasteiger charge is 2.24. The van der Waals surface area contributed by atoms with Gasteiger partial charge in [-0.2, -0.15) is 0 Å². The summed E-state index contributed by atoms with van der Waals surface area (Å²) in [6.45, 7) is 0. The van der Waals surface area contributed by atoms with Gasteiger partial charge in [-0.15, -0.1) is 0 Å². The molecule has 13 rings (SSSR count). The number of fused-ring (bicyclic) bond motifs is 8. The average Bonchev–Trinajstić information content (AvgIpc) is 3.44. The summed E-state index contributed by atoms with van der Waals surface area (Å²) in [6.07, 6.45) is 4.17. The number of anilines is 3. The van der Waals surface area contributed by atoms with Crippen molar-refractivity contribution in [3.63, 3.8) is 0 Å². The van der Waals surface area contributed by atoms with Gasteiger partial charge in [-0.1, -0.05) is 182 Å². The Labute approximate surface area is 413 Å². The summed E-state index contributed by atoms with van der Waals surface area (Å²) in [4.78, 5) is 2.32. The Morgan fingerprint density at radius 1 is 0.338 bits per heavy atom. The molecule has 3 heteroatoms. The molecular weight excluding hydrogens is 863 g/mol. The van der Waals surface area contributed by atoms with Crippen LogP contribution in [0, 0.1) is 0 Å². The summed E-state index contributed by atoms with van der Waals surface area (Å²) >= 11 is 0. The van der Waals surface area contributed by atoms with Crippen LogP contribution in [-0.2, 0) is 6.42 Å². The van der Waals surface area contributed by atoms with Gasteiger partial charge in [-0.3, -0.25) is 0 Å². The second-order valence-electron chi connectivity index (χ2n) is 18.2. The first-order valence-corrected chi connectivity index (χ1v) is 24.5. The van der Waals surface area contributed by atoms with Crippen LogP contribution in [0.5, 0.6) is 17.2 Å². The number of rotatable bonds is 10. The molecule has 0 aliphatic heterocycles. The lowest BCUT2D eigenvalue weighted by atomic mass is 9.81. The molecule has 0 heterocycles. The van der Waals surface area contributed by atoms with Crippen molar-refractivity contribution < 1.29 is 9.47 Å². The highest BCUT2D eigenvalue weighted by Crippen LogP contribution is 2.51. The lowest BCUT2D eigenvalue weighted by molar-refractivity contribution is 0.489. The van der Waals surface area contributed by atoms with Crippen molar-refractivity contribution in [1.29, 1.82) is 0 Å². The zero-order valence-electron chi connectivity index (χ0n) is 39.0. The topological polar surface area (TPSA) is 21.7 Å². The molecular formula is C68H47NO2. The van der Waals surface area contributed by atoms with E-state index in [-0.39, 0.29) is 0 Å². The maximum absolute atomic E-state index is 6.94. The highest BCUT2D eigenvalue weighted by atomic mass is 16.5. The fourth-order valence-electron chi connectivity index (χ4n) is 10.7. The lowest BCUT2D eigenvalue weighted by Gasteiger charge is -2.26. The molecule has 0 unspecified atom stereocenters. The van der Waals surface area contributed by atoms with Crippen molar-refractivity contribution in [2.75, 3.05) is 4.90 Å². The van der Waals surface area contributed by atoms with Crippen LogP contribution in [0.15, 0.2) is 261 Å². The molecule has 12 aromatic carbocycles. The number of para-hydroxylation sites is 2. The SMILES string of the molecule is C1=C(Oc2ccc3c(c2)c2cc(Oc4cccc5ccccc45)ccc2c2c(-c4ccccc4)c(-c4ccccc4)cc(-c4ccc(N(c5ccccc5)c5ccccc5)cc4)c32)c2ccccc2CC1. The summed E-state index contributed by atoms with van der Waals surface area (Å²) in [6, 6.07) is 91.1. The first kappa shape index (κ1) is 42.0. The molecule has 0 spiro atoms. The molecule has 0 N–H and O–H groups in total. The van der Waals surface area contributed by atoms with Crippen molar-refractivity contribution in [2.45, 2.75) is 12.8 Å². The van der Waals surface area contributed by atoms with Crippen LogP contribution in [0.1, 0.15) is 17.5 Å². The number of hydrogen-bond acceptors (Lipinski definition) is 3. The Morgan fingerprint density at radius 3 is 1.59 bits per heavy atom. The van der Waals surface area contributed by atoms with Crippen molar-refractivity contribution in [3.05, 3.63) is 272 Å². The minimum absolute atomic E-state index is 0.766. The molecule has 0 bridgehead atoms. The Hall–Kier alpha value is -9.18. The van der Waals surface area contributed by atoms with Gasteiger partial charge in [-0.05, 0) is 168 Å². The minimum atomic E-state index is 0.766. The summed E-state index contributed by atoms with van der Waals surface area (Å²) in [7, 11) is 0. The zero-order chi connectivity index (χ0) is 47.1. The van der Waals surface area contributed by atoms with E-state index in [1.165, 1.54) is 21.9 Å². The van der Waals surface area contributed by atoms with Crippen LogP contribution in [0.3, 0.4) is 0 Å². The summed E-state index contributed by atoms with van der Waals surface area (Å²) in [5, 5.41) is 9.00. The van der Waals surface area contributed by atoms with Gasteiger partial charge in [-0.25, -0.2) is 0 Å². The predicted molar refractivity (Wildman–Crippen MR) is 297 cm³/mol. The molecule has 0 saturated heterocycles. The van der Waals surface area contributed by atoms with Crippen LogP contribution in [0.4, 0.5) is 17.1 Å². The lowest BCUT2D eigenvalue weighted by Crippen LogP contribution is -2.09. The Morgan fingerprint density at radius 2 is 0.887 bits per heavy atom. The van der Waals surface area contributed by atoms with Crippen LogP contribution in [0.2, 0.25) is 0 Å². The standard InChI is InChI=1S/C68H47NO2/c1-5-19-48(20-6-1)60-45-61(49-35-37-53(38-36-49)69(51-27-9-3-10-28-51)52-29-11-4-12-30-52)67-58-41-39-54(70-64-33-17-25-46-21-13-15-31-56(46)64)43-62(58)63-44-55(71-65-34-18-26-47-22-14-16-32-57(47)65)40-42-59(63)68(67)66(60)50-23-7-2-8-24-50/h1-16,18-24,26-45H,17,25H2. The van der Waals surface area contributed by atoms with Gasteiger partial charge in [0.05, 0.1) is 0 Å². The summed E-state index contributed by atoms with van der Waals surface area (Å²) in [5.41, 5.74) is 12.7. The van der Waals surface area contributed by atoms with E-state index < -0.39 is 0 Å². The molecule has 12 aromatic rings. The highest BCUT2D eigenvalue weighted by molar-refractivity contribution is 6.33. The number of aryl methyl sites for hydroxylation is 1. The van der Waals surface area contributed by atoms with Crippen LogP contribution >= 0.6 is 0 Å². The van der Waals surface area contributed by atoms with Crippen molar-refractivity contribution in [1.82, 2.24) is 0 Å². The molecule has 71 heavy (non-hydrogen) atoms. The summed E-state index contributed by atoms with van der Waals surface area (Å²) < 4.78 is 13.8. The van der Waals surface area contributed by atoms with E-state index in [1.807, 2.05) is 0 Å². The molecule has 0 atom stereocenters. The number of nitrogens with zero attached hydrogens (tertiary/aromatic N) is 1. The third-order valence-electron chi connectivity index (χ3n) is 14.0. The third kappa shape index (κ3) is 7.75. The maximum Gasteiger partial charge on any atom is 0.135 e. The first-order chi connectivity index (χ1) is 35.2. The zero-order valence-corrected chi connectivity index (χ0v) is 39.0. The minimum Gasteiger partial charge on any atom is -0.457 e. The predicted octanol–water partition coefficient (Wildman–Crippen LogP) is 18.9. The number of hydrogen-bond donors (Lipinski definition) is 0. The van der Waals surface area contributed by atoms with Gasteiger partial charge in [0.15, 0.2) is 0 Å². The fraction of sp³-hybridized carbons (Fsp3) is 0.0294. The van der Waals surface area contributed by atoms with Crippen molar-refractivity contribution in [3.8, 4) is 50.6 Å². The second kappa shape index (κ2) is 18.0. The second-order valence-corrected chi connectivity index (χ2v) is 18.2. The average molecular weight is 910 g/mol. The molecule has 0 aromatic heterocycles. The Balaban J connectivity index is 1.09. The maximum atomic E-state index is 6.94. The molecule has 0 saturated carbocycles. The monoisotopic (exact) mass is 909 g/mol. The van der Waals surface area contributed by atoms with Crippen LogP contribution in [-0.4, -0.2) is 0 Å². The molecule has 1 aliphatic carbocycles. The fourth-order valence-corrected chi connectivity index (χ4v) is 10.7. The van der Waals surface area contributed by atoms with Gasteiger partial charge in [0.1, 0.15) is 23.0 Å². The largest absolute Gasteiger partial charge is 0.457 e. The van der Waals surface area contributed by atoms with E-state index >= 15 is 0 Å². The van der Waals surface area contributed by atoms with E-state index in [1.54, 1.807) is 0 Å². The van der Waals surface area contributed by atoms with Crippen LogP contribution < -0.4 is 14.4 Å². The van der Waals surface area contributed by atoms with Crippen molar-refractivity contribution >= 4 is 65.9 Å². The van der Waals surface area contributed by atoms with Crippen LogP contribution in [0.25, 0.3) is 82.2 Å². The van der Waals surface area contributed by atoms with Gasteiger partial charge in [0.2, 0.25) is 0 Å². The van der Waals surface area contributed by atoms with Gasteiger partial charge in [0.25, 0.3) is 0 Å². The Kier molecular flexibility index (Phi) is 10.7. The van der Waals surface area contributed by atoms with Gasteiger partial charge < -0.3 is 14.4 Å². The molecule has 3 nitrogen and oxygen atoms in total. The number of benzene rings is 12. The smallest absolute Gasteiger partial charge is 0.135 e. The van der Waals surface area contributed by atoms with Gasteiger partial charge >= 0.3 is 0 Å². The molecule has 0 amide bonds. The normalized spacial score (nSPS) is 12.2. The number of allylic oxidation sites excluding steroid dienone is 1.